The number of alkyl halides is 3. The van der Waals surface area contributed by atoms with Gasteiger partial charge in [0.15, 0.2) is 5.96 Å². The van der Waals surface area contributed by atoms with Crippen LogP contribution in [0.25, 0.3) is 0 Å². The summed E-state index contributed by atoms with van der Waals surface area (Å²) < 4.78 is 57.7. The molecule has 9 heteroatoms. The average molecular weight is 475 g/mol. The van der Waals surface area contributed by atoms with Crippen LogP contribution in [-0.2, 0) is 17.5 Å². The molecule has 1 unspecified atom stereocenters. The fraction of sp³-hybridized carbons (Fsp3) is 0.562. The Morgan fingerprint density at radius 2 is 2.04 bits per heavy atom. The van der Waals surface area contributed by atoms with E-state index in [-0.39, 0.29) is 41.7 Å². The zero-order valence-electron chi connectivity index (χ0n) is 14.0. The van der Waals surface area contributed by atoms with Gasteiger partial charge in [-0.15, -0.1) is 24.0 Å². The van der Waals surface area contributed by atoms with Gasteiger partial charge in [0.05, 0.1) is 11.2 Å². The van der Waals surface area contributed by atoms with Crippen LogP contribution in [0.1, 0.15) is 30.9 Å². The normalized spacial score (nSPS) is 21.0. The first-order valence-electron chi connectivity index (χ1n) is 7.68. The Kier molecular flexibility index (Phi) is 7.91. The van der Waals surface area contributed by atoms with E-state index in [2.05, 4.69) is 15.6 Å². The van der Waals surface area contributed by atoms with E-state index in [1.54, 1.807) is 0 Å². The van der Waals surface area contributed by atoms with Gasteiger partial charge in [-0.2, -0.15) is 13.2 Å². The first-order valence-corrected chi connectivity index (χ1v) is 7.68. The molecular weight excluding hydrogens is 453 g/mol. The van der Waals surface area contributed by atoms with Crippen molar-refractivity contribution in [1.82, 2.24) is 10.6 Å². The molecule has 0 radical (unpaired) electrons. The number of hydrogen-bond donors (Lipinski definition) is 2. The minimum atomic E-state index is -4.61. The number of guanidine groups is 1. The Labute approximate surface area is 161 Å². The number of hydrogen-bond acceptors (Lipinski definition) is 2. The van der Waals surface area contributed by atoms with Crippen molar-refractivity contribution in [1.29, 1.82) is 0 Å². The molecule has 0 spiro atoms. The fourth-order valence-corrected chi connectivity index (χ4v) is 2.61. The van der Waals surface area contributed by atoms with Crippen LogP contribution in [0.5, 0.6) is 0 Å². The van der Waals surface area contributed by atoms with E-state index < -0.39 is 17.6 Å². The summed E-state index contributed by atoms with van der Waals surface area (Å²) in [5.74, 6) is -0.552. The molecule has 2 N–H and O–H groups in total. The molecule has 4 nitrogen and oxygen atoms in total. The summed E-state index contributed by atoms with van der Waals surface area (Å²) in [6.07, 6.45) is -2.72. The number of benzene rings is 1. The summed E-state index contributed by atoms with van der Waals surface area (Å²) in [6, 6.07) is 2.64. The van der Waals surface area contributed by atoms with Gasteiger partial charge in [0.25, 0.3) is 0 Å². The maximum atomic E-state index is 13.1. The molecule has 1 fully saturated rings. The van der Waals surface area contributed by atoms with Crippen LogP contribution in [0.4, 0.5) is 17.6 Å². The van der Waals surface area contributed by atoms with Crippen LogP contribution in [0, 0.1) is 5.82 Å². The van der Waals surface area contributed by atoms with Crippen LogP contribution in [0.15, 0.2) is 23.2 Å². The fourth-order valence-electron chi connectivity index (χ4n) is 2.61. The molecule has 25 heavy (non-hydrogen) atoms. The van der Waals surface area contributed by atoms with Crippen molar-refractivity contribution in [3.05, 3.63) is 35.1 Å². The molecule has 1 aliphatic heterocycles. The zero-order chi connectivity index (χ0) is 17.8. The molecule has 1 saturated heterocycles. The van der Waals surface area contributed by atoms with E-state index in [0.717, 1.165) is 25.0 Å². The SMILES string of the molecule is CN=C(NCc1ccc(F)cc1C(F)(F)F)NCC1(C)CCCO1.I. The Morgan fingerprint density at radius 3 is 2.60 bits per heavy atom. The highest BCUT2D eigenvalue weighted by Gasteiger charge is 2.34. The number of rotatable bonds is 4. The second-order valence-electron chi connectivity index (χ2n) is 5.98. The van der Waals surface area contributed by atoms with Gasteiger partial charge in [0.2, 0.25) is 0 Å². The molecule has 1 heterocycles. The van der Waals surface area contributed by atoms with E-state index in [1.165, 1.54) is 7.05 Å². The van der Waals surface area contributed by atoms with Gasteiger partial charge in [-0.3, -0.25) is 4.99 Å². The zero-order valence-corrected chi connectivity index (χ0v) is 16.4. The minimum Gasteiger partial charge on any atom is -0.373 e. The van der Waals surface area contributed by atoms with Crippen LogP contribution in [-0.4, -0.2) is 31.8 Å². The summed E-state index contributed by atoms with van der Waals surface area (Å²) in [5.41, 5.74) is -1.34. The Balaban J connectivity index is 0.00000312. The highest BCUT2D eigenvalue weighted by Crippen LogP contribution is 2.32. The van der Waals surface area contributed by atoms with Crippen molar-refractivity contribution in [2.45, 2.75) is 38.1 Å². The van der Waals surface area contributed by atoms with Crippen molar-refractivity contribution >= 4 is 29.9 Å². The lowest BCUT2D eigenvalue weighted by molar-refractivity contribution is -0.138. The summed E-state index contributed by atoms with van der Waals surface area (Å²) >= 11 is 0. The molecule has 0 saturated carbocycles. The summed E-state index contributed by atoms with van der Waals surface area (Å²) in [4.78, 5) is 3.99. The molecule has 1 aliphatic rings. The second-order valence-corrected chi connectivity index (χ2v) is 5.98. The van der Waals surface area contributed by atoms with E-state index in [0.29, 0.717) is 25.2 Å². The van der Waals surface area contributed by atoms with Crippen molar-refractivity contribution < 1.29 is 22.3 Å². The minimum absolute atomic E-state index is 0. The number of halogens is 5. The predicted octanol–water partition coefficient (Wildman–Crippen LogP) is 3.70. The monoisotopic (exact) mass is 475 g/mol. The highest BCUT2D eigenvalue weighted by atomic mass is 127. The van der Waals surface area contributed by atoms with E-state index in [9.17, 15) is 17.6 Å². The molecule has 1 aromatic carbocycles. The molecular formula is C16H22F4IN3O. The Hall–Kier alpha value is -1.10. The molecule has 0 bridgehead atoms. The largest absolute Gasteiger partial charge is 0.416 e. The molecule has 0 aliphatic carbocycles. The molecule has 1 atom stereocenters. The number of aliphatic imine (C=N–C) groups is 1. The van der Waals surface area contributed by atoms with Gasteiger partial charge in [-0.25, -0.2) is 4.39 Å². The lowest BCUT2D eigenvalue weighted by atomic mass is 10.0. The summed E-state index contributed by atoms with van der Waals surface area (Å²) in [7, 11) is 1.53. The smallest absolute Gasteiger partial charge is 0.373 e. The van der Waals surface area contributed by atoms with Crippen LogP contribution in [0.2, 0.25) is 0 Å². The van der Waals surface area contributed by atoms with Gasteiger partial charge in [-0.1, -0.05) is 6.07 Å². The average Bonchev–Trinajstić information content (AvgIpc) is 2.94. The van der Waals surface area contributed by atoms with Crippen LogP contribution in [0.3, 0.4) is 0 Å². The first kappa shape index (κ1) is 21.9. The van der Waals surface area contributed by atoms with Crippen molar-refractivity contribution in [3.8, 4) is 0 Å². The third kappa shape index (κ3) is 6.28. The molecule has 0 aromatic heterocycles. The topological polar surface area (TPSA) is 45.7 Å². The summed E-state index contributed by atoms with van der Waals surface area (Å²) in [6.45, 7) is 3.06. The third-order valence-corrected chi connectivity index (χ3v) is 3.98. The molecule has 142 valence electrons. The number of nitrogens with zero attached hydrogens (tertiary/aromatic N) is 1. The van der Waals surface area contributed by atoms with Crippen molar-refractivity contribution in [3.63, 3.8) is 0 Å². The van der Waals surface area contributed by atoms with Crippen molar-refractivity contribution in [2.24, 2.45) is 4.99 Å². The Bertz CT molecular complexity index is 602. The van der Waals surface area contributed by atoms with Gasteiger partial charge >= 0.3 is 6.18 Å². The maximum Gasteiger partial charge on any atom is 0.416 e. The quantitative estimate of drug-likeness (QED) is 0.302. The maximum absolute atomic E-state index is 13.1. The molecule has 0 amide bonds. The van der Waals surface area contributed by atoms with E-state index >= 15 is 0 Å². The third-order valence-electron chi connectivity index (χ3n) is 3.98. The van der Waals surface area contributed by atoms with Gasteiger partial charge in [0, 0.05) is 26.7 Å². The molecule has 1 aromatic rings. The Morgan fingerprint density at radius 1 is 1.32 bits per heavy atom. The molecule has 2 rings (SSSR count). The van der Waals surface area contributed by atoms with Gasteiger partial charge in [0.1, 0.15) is 5.82 Å². The van der Waals surface area contributed by atoms with E-state index in [4.69, 9.17) is 4.74 Å². The van der Waals surface area contributed by atoms with Crippen LogP contribution < -0.4 is 10.6 Å². The first-order chi connectivity index (χ1) is 11.2. The summed E-state index contributed by atoms with van der Waals surface area (Å²) in [5, 5.41) is 5.87. The predicted molar refractivity (Wildman–Crippen MR) is 98.6 cm³/mol. The second kappa shape index (κ2) is 9.02. The lowest BCUT2D eigenvalue weighted by Crippen LogP contribution is -2.45. The van der Waals surface area contributed by atoms with Crippen LogP contribution >= 0.6 is 24.0 Å². The standard InChI is InChI=1S/C16H21F4N3O.HI/c1-15(6-3-7-24-15)10-23-14(21-2)22-9-11-4-5-12(17)8-13(11)16(18,19)20;/h4-5,8H,3,6-7,9-10H2,1-2H3,(H2,21,22,23);1H. The number of ether oxygens (including phenoxy) is 1. The van der Waals surface area contributed by atoms with Gasteiger partial charge < -0.3 is 15.4 Å². The highest BCUT2D eigenvalue weighted by molar-refractivity contribution is 14.0. The van der Waals surface area contributed by atoms with Gasteiger partial charge in [-0.05, 0) is 37.5 Å². The number of nitrogens with one attached hydrogen (secondary N) is 2. The van der Waals surface area contributed by atoms with Crippen molar-refractivity contribution in [2.75, 3.05) is 20.2 Å². The van der Waals surface area contributed by atoms with E-state index in [1.807, 2.05) is 6.92 Å². The lowest BCUT2D eigenvalue weighted by Gasteiger charge is -2.25.